The highest BCUT2D eigenvalue weighted by Crippen LogP contribution is 2.24. The van der Waals surface area contributed by atoms with Crippen molar-refractivity contribution in [2.24, 2.45) is 7.05 Å². The SMILES string of the molecule is CCNC(Cc1cc(CC)nn1C)C(C)(CC)N(C)C. The van der Waals surface area contributed by atoms with Gasteiger partial charge < -0.3 is 10.2 Å². The van der Waals surface area contributed by atoms with Crippen LogP contribution in [0, 0.1) is 0 Å². The molecule has 20 heavy (non-hydrogen) atoms. The fourth-order valence-electron chi connectivity index (χ4n) is 2.78. The quantitative estimate of drug-likeness (QED) is 0.793. The summed E-state index contributed by atoms with van der Waals surface area (Å²) < 4.78 is 2.04. The second-order valence-corrected chi connectivity index (χ2v) is 6.02. The molecule has 1 rings (SSSR count). The summed E-state index contributed by atoms with van der Waals surface area (Å²) in [5, 5.41) is 8.25. The van der Waals surface area contributed by atoms with Crippen LogP contribution in [0.4, 0.5) is 0 Å². The molecule has 0 aliphatic rings. The summed E-state index contributed by atoms with van der Waals surface area (Å²) in [5.74, 6) is 0. The van der Waals surface area contributed by atoms with Gasteiger partial charge in [-0.3, -0.25) is 4.68 Å². The average molecular weight is 280 g/mol. The van der Waals surface area contributed by atoms with Crippen molar-refractivity contribution < 1.29 is 0 Å². The van der Waals surface area contributed by atoms with Crippen molar-refractivity contribution in [3.63, 3.8) is 0 Å². The number of nitrogens with zero attached hydrogens (tertiary/aromatic N) is 3. The normalized spacial score (nSPS) is 16.4. The van der Waals surface area contributed by atoms with E-state index in [1.54, 1.807) is 0 Å². The molecule has 4 heteroatoms. The van der Waals surface area contributed by atoms with Gasteiger partial charge in [-0.05, 0) is 46.5 Å². The van der Waals surface area contributed by atoms with E-state index >= 15 is 0 Å². The van der Waals surface area contributed by atoms with Crippen LogP contribution < -0.4 is 5.32 Å². The van der Waals surface area contributed by atoms with Crippen LogP contribution in [0.1, 0.15) is 45.5 Å². The molecule has 0 aliphatic heterocycles. The third-order valence-corrected chi connectivity index (χ3v) is 4.74. The van der Waals surface area contributed by atoms with Gasteiger partial charge in [0.25, 0.3) is 0 Å². The number of hydrogen-bond donors (Lipinski definition) is 1. The third-order valence-electron chi connectivity index (χ3n) is 4.74. The standard InChI is InChI=1S/C16H32N4/c1-8-13-11-14(20(7)18-13)12-15(17-10-3)16(4,9-2)19(5)6/h11,15,17H,8-10,12H2,1-7H3. The summed E-state index contributed by atoms with van der Waals surface area (Å²) in [6.45, 7) is 9.94. The molecule has 1 heterocycles. The Morgan fingerprint density at radius 1 is 1.35 bits per heavy atom. The molecule has 0 saturated carbocycles. The zero-order valence-corrected chi connectivity index (χ0v) is 14.3. The van der Waals surface area contributed by atoms with Crippen LogP contribution in [-0.4, -0.2) is 46.9 Å². The molecule has 0 saturated heterocycles. The lowest BCUT2D eigenvalue weighted by Crippen LogP contribution is -2.57. The molecule has 0 bridgehead atoms. The third kappa shape index (κ3) is 3.61. The van der Waals surface area contributed by atoms with Gasteiger partial charge in [-0.25, -0.2) is 0 Å². The van der Waals surface area contributed by atoms with E-state index in [4.69, 9.17) is 0 Å². The van der Waals surface area contributed by atoms with Gasteiger partial charge in [0.1, 0.15) is 0 Å². The first-order valence-electron chi connectivity index (χ1n) is 7.81. The van der Waals surface area contributed by atoms with Crippen LogP contribution in [-0.2, 0) is 19.9 Å². The molecule has 4 nitrogen and oxygen atoms in total. The van der Waals surface area contributed by atoms with E-state index in [-0.39, 0.29) is 5.54 Å². The Morgan fingerprint density at radius 2 is 2.00 bits per heavy atom. The lowest BCUT2D eigenvalue weighted by atomic mass is 9.85. The average Bonchev–Trinajstić information content (AvgIpc) is 2.77. The van der Waals surface area contributed by atoms with E-state index in [1.165, 1.54) is 11.4 Å². The molecule has 0 amide bonds. The number of rotatable bonds is 8. The van der Waals surface area contributed by atoms with Crippen LogP contribution in [0.25, 0.3) is 0 Å². The van der Waals surface area contributed by atoms with Gasteiger partial charge >= 0.3 is 0 Å². The van der Waals surface area contributed by atoms with Gasteiger partial charge in [-0.2, -0.15) is 5.10 Å². The molecule has 116 valence electrons. The van der Waals surface area contributed by atoms with Gasteiger partial charge in [0.2, 0.25) is 0 Å². The summed E-state index contributed by atoms with van der Waals surface area (Å²) in [6, 6.07) is 2.67. The molecular formula is C16H32N4. The molecule has 0 fully saturated rings. The number of aromatic nitrogens is 2. The Labute approximate surface area is 124 Å². The fraction of sp³-hybridized carbons (Fsp3) is 0.812. The lowest BCUT2D eigenvalue weighted by Gasteiger charge is -2.43. The van der Waals surface area contributed by atoms with E-state index in [1.807, 2.05) is 4.68 Å². The van der Waals surface area contributed by atoms with Gasteiger partial charge in [-0.15, -0.1) is 0 Å². The Kier molecular flexibility index (Phi) is 6.21. The number of aryl methyl sites for hydroxylation is 2. The van der Waals surface area contributed by atoms with Crippen LogP contribution >= 0.6 is 0 Å². The second-order valence-electron chi connectivity index (χ2n) is 6.02. The fourth-order valence-corrected chi connectivity index (χ4v) is 2.78. The predicted octanol–water partition coefficient (Wildman–Crippen LogP) is 2.23. The second kappa shape index (κ2) is 7.23. The molecule has 0 aromatic carbocycles. The summed E-state index contributed by atoms with van der Waals surface area (Å²) >= 11 is 0. The molecule has 0 spiro atoms. The maximum absolute atomic E-state index is 4.57. The summed E-state index contributed by atoms with van der Waals surface area (Å²) in [6.07, 6.45) is 3.13. The maximum Gasteiger partial charge on any atom is 0.0624 e. The van der Waals surface area contributed by atoms with E-state index in [0.29, 0.717) is 6.04 Å². The highest BCUT2D eigenvalue weighted by molar-refractivity contribution is 5.13. The Bertz CT molecular complexity index is 411. The van der Waals surface area contributed by atoms with Crippen molar-refractivity contribution in [1.29, 1.82) is 0 Å². The highest BCUT2D eigenvalue weighted by Gasteiger charge is 2.34. The summed E-state index contributed by atoms with van der Waals surface area (Å²) in [5.41, 5.74) is 2.64. The first-order chi connectivity index (χ1) is 9.38. The van der Waals surface area contributed by atoms with E-state index in [2.05, 4.69) is 70.2 Å². The Balaban J connectivity index is 2.99. The zero-order valence-electron chi connectivity index (χ0n) is 14.3. The van der Waals surface area contributed by atoms with Crippen LogP contribution in [0.5, 0.6) is 0 Å². The summed E-state index contributed by atoms with van der Waals surface area (Å²) in [7, 11) is 6.40. The molecule has 1 aromatic heterocycles. The topological polar surface area (TPSA) is 33.1 Å². The van der Waals surface area contributed by atoms with Crippen molar-refractivity contribution in [3.05, 3.63) is 17.5 Å². The number of likely N-dealkylation sites (N-methyl/N-ethyl adjacent to an activating group) is 2. The Hall–Kier alpha value is -0.870. The largest absolute Gasteiger partial charge is 0.312 e. The smallest absolute Gasteiger partial charge is 0.0624 e. The van der Waals surface area contributed by atoms with Gasteiger partial charge in [-0.1, -0.05) is 20.8 Å². The molecule has 0 aliphatic carbocycles. The maximum atomic E-state index is 4.57. The monoisotopic (exact) mass is 280 g/mol. The summed E-state index contributed by atoms with van der Waals surface area (Å²) in [4.78, 5) is 2.34. The van der Waals surface area contributed by atoms with Crippen molar-refractivity contribution in [2.45, 2.75) is 58.5 Å². The lowest BCUT2D eigenvalue weighted by molar-refractivity contribution is 0.112. The van der Waals surface area contributed by atoms with Crippen molar-refractivity contribution >= 4 is 0 Å². The van der Waals surface area contributed by atoms with Gasteiger partial charge in [0.15, 0.2) is 0 Å². The molecular weight excluding hydrogens is 248 g/mol. The minimum Gasteiger partial charge on any atom is -0.312 e. The van der Waals surface area contributed by atoms with Gasteiger partial charge in [0.05, 0.1) is 5.69 Å². The first kappa shape index (κ1) is 17.2. The zero-order chi connectivity index (χ0) is 15.3. The predicted molar refractivity (Wildman–Crippen MR) is 86.1 cm³/mol. The van der Waals surface area contributed by atoms with Crippen LogP contribution in [0.2, 0.25) is 0 Å². The van der Waals surface area contributed by atoms with Gasteiger partial charge in [0, 0.05) is 30.7 Å². The minimum atomic E-state index is 0.145. The highest BCUT2D eigenvalue weighted by atomic mass is 15.3. The first-order valence-corrected chi connectivity index (χ1v) is 7.81. The number of hydrogen-bond acceptors (Lipinski definition) is 3. The van der Waals surface area contributed by atoms with Crippen molar-refractivity contribution in [1.82, 2.24) is 20.0 Å². The van der Waals surface area contributed by atoms with E-state index in [9.17, 15) is 0 Å². The van der Waals surface area contributed by atoms with Crippen LogP contribution in [0.15, 0.2) is 6.07 Å². The van der Waals surface area contributed by atoms with E-state index in [0.717, 1.165) is 25.8 Å². The minimum absolute atomic E-state index is 0.145. The van der Waals surface area contributed by atoms with Crippen LogP contribution in [0.3, 0.4) is 0 Å². The Morgan fingerprint density at radius 3 is 2.40 bits per heavy atom. The molecule has 1 aromatic rings. The molecule has 2 unspecified atom stereocenters. The number of nitrogens with one attached hydrogen (secondary N) is 1. The van der Waals surface area contributed by atoms with Crippen molar-refractivity contribution in [2.75, 3.05) is 20.6 Å². The molecule has 1 N–H and O–H groups in total. The van der Waals surface area contributed by atoms with E-state index < -0.39 is 0 Å². The molecule has 0 radical (unpaired) electrons. The molecule has 2 atom stereocenters. The van der Waals surface area contributed by atoms with Crippen molar-refractivity contribution in [3.8, 4) is 0 Å².